The average molecular weight is 340 g/mol. The van der Waals surface area contributed by atoms with E-state index in [2.05, 4.69) is 24.8 Å². The zero-order valence-electron chi connectivity index (χ0n) is 13.9. The van der Waals surface area contributed by atoms with Gasteiger partial charge in [0.15, 0.2) is 0 Å². The maximum absolute atomic E-state index is 9.86. The lowest BCUT2D eigenvalue weighted by atomic mass is 10.1. The van der Waals surface area contributed by atoms with Gasteiger partial charge in [-0.05, 0) is 18.6 Å². The van der Waals surface area contributed by atoms with Crippen LogP contribution in [0.15, 0.2) is 30.7 Å². The molecule has 0 radical (unpaired) electrons. The van der Waals surface area contributed by atoms with Crippen molar-refractivity contribution in [3.63, 3.8) is 0 Å². The van der Waals surface area contributed by atoms with Crippen LogP contribution in [0.3, 0.4) is 0 Å². The summed E-state index contributed by atoms with van der Waals surface area (Å²) in [4.78, 5) is 18.1. The molecular formula is C17H20N6O2. The SMILES string of the molecule is COC1CCN(c2ccnc3[nH]cc(-c4ccnc(N)n4)c23)C1CO. The lowest BCUT2D eigenvalue weighted by Gasteiger charge is -2.28. The molecule has 130 valence electrons. The fraction of sp³-hybridized carbons (Fsp3) is 0.353. The molecule has 3 aromatic rings. The Balaban J connectivity index is 1.86. The fourth-order valence-corrected chi connectivity index (χ4v) is 3.62. The third-order valence-electron chi connectivity index (χ3n) is 4.78. The summed E-state index contributed by atoms with van der Waals surface area (Å²) in [6.45, 7) is 0.835. The molecule has 4 N–H and O–H groups in total. The Morgan fingerprint density at radius 2 is 2.20 bits per heavy atom. The number of methoxy groups -OCH3 is 1. The summed E-state index contributed by atoms with van der Waals surface area (Å²) < 4.78 is 5.53. The highest BCUT2D eigenvalue weighted by molar-refractivity contribution is 6.02. The van der Waals surface area contributed by atoms with Crippen molar-refractivity contribution < 1.29 is 9.84 Å². The fourth-order valence-electron chi connectivity index (χ4n) is 3.62. The van der Waals surface area contributed by atoms with Crippen LogP contribution >= 0.6 is 0 Å². The summed E-state index contributed by atoms with van der Waals surface area (Å²) in [5.74, 6) is 0.228. The quantitative estimate of drug-likeness (QED) is 0.654. The molecule has 1 aliphatic rings. The third-order valence-corrected chi connectivity index (χ3v) is 4.78. The van der Waals surface area contributed by atoms with Crippen LogP contribution < -0.4 is 10.6 Å². The van der Waals surface area contributed by atoms with Gasteiger partial charge in [0, 0.05) is 37.8 Å². The van der Waals surface area contributed by atoms with Crippen LogP contribution in [0.1, 0.15) is 6.42 Å². The van der Waals surface area contributed by atoms with Gasteiger partial charge in [0.1, 0.15) is 5.65 Å². The molecular weight excluding hydrogens is 320 g/mol. The zero-order valence-corrected chi connectivity index (χ0v) is 13.9. The molecule has 1 aliphatic heterocycles. The van der Waals surface area contributed by atoms with Crippen LogP contribution in [0.5, 0.6) is 0 Å². The minimum Gasteiger partial charge on any atom is -0.394 e. The van der Waals surface area contributed by atoms with Crippen molar-refractivity contribution in [2.24, 2.45) is 0 Å². The van der Waals surface area contributed by atoms with Gasteiger partial charge in [-0.25, -0.2) is 15.0 Å². The van der Waals surface area contributed by atoms with E-state index in [-0.39, 0.29) is 24.7 Å². The van der Waals surface area contributed by atoms with E-state index in [4.69, 9.17) is 10.5 Å². The molecule has 8 heteroatoms. The van der Waals surface area contributed by atoms with Crippen LogP contribution in [0.25, 0.3) is 22.3 Å². The summed E-state index contributed by atoms with van der Waals surface area (Å²) in [7, 11) is 1.68. The molecule has 4 rings (SSSR count). The number of rotatable bonds is 4. The monoisotopic (exact) mass is 340 g/mol. The Bertz CT molecular complexity index is 896. The highest BCUT2D eigenvalue weighted by Crippen LogP contribution is 2.37. The molecule has 2 unspecified atom stereocenters. The smallest absolute Gasteiger partial charge is 0.220 e. The Labute approximate surface area is 144 Å². The van der Waals surface area contributed by atoms with E-state index in [1.807, 2.05) is 18.3 Å². The molecule has 3 aromatic heterocycles. The van der Waals surface area contributed by atoms with E-state index in [1.54, 1.807) is 19.5 Å². The number of H-pyrrole nitrogens is 1. The number of nitrogen functional groups attached to an aromatic ring is 1. The lowest BCUT2D eigenvalue weighted by Crippen LogP contribution is -2.39. The lowest BCUT2D eigenvalue weighted by molar-refractivity contribution is 0.0754. The van der Waals surface area contributed by atoms with Crippen molar-refractivity contribution in [3.8, 4) is 11.3 Å². The molecule has 1 saturated heterocycles. The van der Waals surface area contributed by atoms with Crippen LogP contribution in [-0.2, 0) is 4.74 Å². The summed E-state index contributed by atoms with van der Waals surface area (Å²) in [6.07, 6.45) is 6.15. The van der Waals surface area contributed by atoms with Crippen LogP contribution in [0.2, 0.25) is 0 Å². The number of ether oxygens (including phenoxy) is 1. The maximum Gasteiger partial charge on any atom is 0.220 e. The van der Waals surface area contributed by atoms with Crippen molar-refractivity contribution >= 4 is 22.7 Å². The second kappa shape index (κ2) is 6.30. The van der Waals surface area contributed by atoms with Crippen molar-refractivity contribution in [2.75, 3.05) is 30.9 Å². The summed E-state index contributed by atoms with van der Waals surface area (Å²) in [6, 6.07) is 3.69. The number of aromatic nitrogens is 4. The Hall–Kier alpha value is -2.71. The third kappa shape index (κ3) is 2.59. The first-order valence-electron chi connectivity index (χ1n) is 8.18. The van der Waals surface area contributed by atoms with E-state index in [0.717, 1.165) is 40.9 Å². The van der Waals surface area contributed by atoms with Crippen molar-refractivity contribution in [3.05, 3.63) is 30.7 Å². The highest BCUT2D eigenvalue weighted by Gasteiger charge is 2.35. The van der Waals surface area contributed by atoms with E-state index in [9.17, 15) is 5.11 Å². The molecule has 2 atom stereocenters. The van der Waals surface area contributed by atoms with Gasteiger partial charge in [0.05, 0.1) is 35.5 Å². The van der Waals surface area contributed by atoms with Crippen LogP contribution in [0, 0.1) is 0 Å². The van der Waals surface area contributed by atoms with E-state index in [1.165, 1.54) is 0 Å². The van der Waals surface area contributed by atoms with Gasteiger partial charge in [0.2, 0.25) is 5.95 Å². The Morgan fingerprint density at radius 1 is 1.36 bits per heavy atom. The van der Waals surface area contributed by atoms with Crippen molar-refractivity contribution in [1.29, 1.82) is 0 Å². The topological polar surface area (TPSA) is 113 Å². The number of nitrogens with one attached hydrogen (secondary N) is 1. The number of aromatic amines is 1. The molecule has 0 aliphatic carbocycles. The largest absolute Gasteiger partial charge is 0.394 e. The first-order chi connectivity index (χ1) is 12.2. The second-order valence-electron chi connectivity index (χ2n) is 6.06. The molecule has 4 heterocycles. The predicted octanol–water partition coefficient (Wildman–Crippen LogP) is 1.19. The number of fused-ring (bicyclic) bond motifs is 1. The minimum absolute atomic E-state index is 0.00491. The van der Waals surface area contributed by atoms with Gasteiger partial charge in [-0.2, -0.15) is 0 Å². The van der Waals surface area contributed by atoms with Gasteiger partial charge < -0.3 is 25.5 Å². The molecule has 0 bridgehead atoms. The van der Waals surface area contributed by atoms with Gasteiger partial charge in [-0.3, -0.25) is 0 Å². The van der Waals surface area contributed by atoms with Gasteiger partial charge >= 0.3 is 0 Å². The minimum atomic E-state index is -0.0891. The van der Waals surface area contributed by atoms with Crippen LogP contribution in [-0.4, -0.2) is 57.4 Å². The molecule has 1 fully saturated rings. The van der Waals surface area contributed by atoms with Gasteiger partial charge in [-0.1, -0.05) is 0 Å². The van der Waals surface area contributed by atoms with E-state index < -0.39 is 0 Å². The van der Waals surface area contributed by atoms with E-state index in [0.29, 0.717) is 0 Å². The van der Waals surface area contributed by atoms with Crippen LogP contribution in [0.4, 0.5) is 11.6 Å². The number of aliphatic hydroxyl groups is 1. The molecule has 0 amide bonds. The molecule has 0 spiro atoms. The number of hydrogen-bond acceptors (Lipinski definition) is 7. The number of nitrogens with zero attached hydrogens (tertiary/aromatic N) is 4. The van der Waals surface area contributed by atoms with E-state index >= 15 is 0 Å². The number of nitrogens with two attached hydrogens (primary N) is 1. The zero-order chi connectivity index (χ0) is 17.4. The van der Waals surface area contributed by atoms with Crippen molar-refractivity contribution in [1.82, 2.24) is 19.9 Å². The Morgan fingerprint density at radius 3 is 2.96 bits per heavy atom. The first-order valence-corrected chi connectivity index (χ1v) is 8.18. The summed E-state index contributed by atoms with van der Waals surface area (Å²) >= 11 is 0. The van der Waals surface area contributed by atoms with Gasteiger partial charge in [0.25, 0.3) is 0 Å². The Kier molecular flexibility index (Phi) is 3.98. The standard InChI is InChI=1S/C17H20N6O2/c1-25-14-4-7-23(13(14)9-24)12-3-6-19-16-15(12)10(8-21-16)11-2-5-20-17(18)22-11/h2-3,5-6,8,13-14,24H,4,7,9H2,1H3,(H,19,21)(H2,18,20,22). The summed E-state index contributed by atoms with van der Waals surface area (Å²) in [5, 5.41) is 10.8. The number of anilines is 2. The molecule has 8 nitrogen and oxygen atoms in total. The normalized spacial score (nSPS) is 20.5. The predicted molar refractivity (Wildman–Crippen MR) is 95.2 cm³/mol. The molecule has 0 saturated carbocycles. The highest BCUT2D eigenvalue weighted by atomic mass is 16.5. The summed E-state index contributed by atoms with van der Waals surface area (Å²) in [5.41, 5.74) is 9.14. The maximum atomic E-state index is 9.86. The number of hydrogen-bond donors (Lipinski definition) is 3. The molecule has 0 aromatic carbocycles. The molecule has 25 heavy (non-hydrogen) atoms. The van der Waals surface area contributed by atoms with Gasteiger partial charge in [-0.15, -0.1) is 0 Å². The second-order valence-corrected chi connectivity index (χ2v) is 6.06. The van der Waals surface area contributed by atoms with Crippen molar-refractivity contribution in [2.45, 2.75) is 18.6 Å². The number of aliphatic hydroxyl groups excluding tert-OH is 1. The number of pyridine rings is 1. The first kappa shape index (κ1) is 15.8. The average Bonchev–Trinajstić information content (AvgIpc) is 3.25.